The second-order valence-electron chi connectivity index (χ2n) is 5.43. The first kappa shape index (κ1) is 16.7. The van der Waals surface area contributed by atoms with Crippen molar-refractivity contribution in [2.45, 2.75) is 13.8 Å². The Bertz CT molecular complexity index is 848. The Morgan fingerprint density at radius 1 is 1.26 bits per heavy atom. The molecule has 2 heterocycles. The highest BCUT2D eigenvalue weighted by Crippen LogP contribution is 2.45. The quantitative estimate of drug-likeness (QED) is 0.568. The Kier molecular flexibility index (Phi) is 4.63. The van der Waals surface area contributed by atoms with E-state index in [1.807, 2.05) is 49.6 Å². The number of nitrogens with one attached hydrogen (secondary N) is 1. The van der Waals surface area contributed by atoms with E-state index >= 15 is 0 Å². The lowest BCUT2D eigenvalue weighted by molar-refractivity contribution is -0.110. The van der Waals surface area contributed by atoms with Crippen LogP contribution in [-0.4, -0.2) is 18.2 Å². The second-order valence-corrected chi connectivity index (χ2v) is 10.8. The van der Waals surface area contributed by atoms with Crippen LogP contribution in [0.5, 0.6) is 0 Å². The summed E-state index contributed by atoms with van der Waals surface area (Å²) in [7, 11) is -2.36. The van der Waals surface area contributed by atoms with Crippen molar-refractivity contribution in [2.75, 3.05) is 17.6 Å². The van der Waals surface area contributed by atoms with Gasteiger partial charge in [-0.2, -0.15) is 0 Å². The van der Waals surface area contributed by atoms with Gasteiger partial charge in [0.15, 0.2) is 0 Å². The van der Waals surface area contributed by atoms with Crippen molar-refractivity contribution in [3.8, 4) is 0 Å². The Labute approximate surface area is 148 Å². The zero-order valence-electron chi connectivity index (χ0n) is 12.9. The molecule has 1 amide bonds. The van der Waals surface area contributed by atoms with Crippen molar-refractivity contribution in [2.24, 2.45) is 0 Å². The van der Waals surface area contributed by atoms with Crippen LogP contribution < -0.4 is 10.6 Å². The van der Waals surface area contributed by atoms with E-state index in [9.17, 15) is 9.36 Å². The molecule has 23 heavy (non-hydrogen) atoms. The van der Waals surface area contributed by atoms with Crippen LogP contribution in [0.25, 0.3) is 11.6 Å². The van der Waals surface area contributed by atoms with Crippen LogP contribution in [0.2, 0.25) is 0 Å². The molecule has 0 fully saturated rings. The normalized spacial score (nSPS) is 15.8. The van der Waals surface area contributed by atoms with Gasteiger partial charge in [-0.15, -0.1) is 11.3 Å². The van der Waals surface area contributed by atoms with E-state index in [4.69, 9.17) is 0 Å². The standard InChI is InChI=1S/C17H17BrNO2PS/c1-3-22(21,4-2)12-5-6-16-14(8-12)15(17(20)19-16)9-13-7-11(18)10-23-13/h5-10H,3-4H2,1-2H3,(H,19,20)/b15-9-. The van der Waals surface area contributed by atoms with Crippen molar-refractivity contribution >= 4 is 63.0 Å². The number of fused-ring (bicyclic) bond motifs is 1. The van der Waals surface area contributed by atoms with Gasteiger partial charge in [0.2, 0.25) is 0 Å². The molecule has 3 nitrogen and oxygen atoms in total. The number of thiophene rings is 1. The number of benzene rings is 1. The van der Waals surface area contributed by atoms with E-state index < -0.39 is 7.14 Å². The van der Waals surface area contributed by atoms with Gasteiger partial charge >= 0.3 is 0 Å². The Morgan fingerprint density at radius 2 is 2.00 bits per heavy atom. The molecule has 1 N–H and O–H groups in total. The lowest BCUT2D eigenvalue weighted by atomic mass is 10.1. The molecule has 0 radical (unpaired) electrons. The summed E-state index contributed by atoms with van der Waals surface area (Å²) in [5.74, 6) is -0.107. The number of halogens is 1. The number of anilines is 1. The van der Waals surface area contributed by atoms with Crippen molar-refractivity contribution in [1.29, 1.82) is 0 Å². The average Bonchev–Trinajstić information content (AvgIpc) is 3.10. The summed E-state index contributed by atoms with van der Waals surface area (Å²) in [6.45, 7) is 3.92. The summed E-state index contributed by atoms with van der Waals surface area (Å²) >= 11 is 5.00. The molecule has 120 valence electrons. The minimum atomic E-state index is -2.36. The smallest absolute Gasteiger partial charge is 0.256 e. The average molecular weight is 410 g/mol. The van der Waals surface area contributed by atoms with Gasteiger partial charge in [-0.1, -0.05) is 13.8 Å². The fraction of sp³-hybridized carbons (Fsp3) is 0.235. The summed E-state index contributed by atoms with van der Waals surface area (Å²) in [5.41, 5.74) is 2.27. The number of hydrogen-bond donors (Lipinski definition) is 1. The van der Waals surface area contributed by atoms with Crippen LogP contribution in [0.4, 0.5) is 5.69 Å². The summed E-state index contributed by atoms with van der Waals surface area (Å²) in [5, 5.41) is 5.73. The molecule has 0 unspecified atom stereocenters. The van der Waals surface area contributed by atoms with E-state index in [2.05, 4.69) is 21.2 Å². The topological polar surface area (TPSA) is 46.2 Å². The third-order valence-electron chi connectivity index (χ3n) is 4.15. The monoisotopic (exact) mass is 409 g/mol. The lowest BCUT2D eigenvalue weighted by Gasteiger charge is -2.15. The second kappa shape index (κ2) is 6.39. The molecule has 1 aromatic carbocycles. The van der Waals surface area contributed by atoms with Gasteiger partial charge in [-0.05, 0) is 46.3 Å². The van der Waals surface area contributed by atoms with Gasteiger partial charge in [0, 0.05) is 43.6 Å². The first-order valence-electron chi connectivity index (χ1n) is 7.47. The Balaban J connectivity index is 2.10. The molecular formula is C17H17BrNO2PS. The molecule has 0 saturated heterocycles. The predicted octanol–water partition coefficient (Wildman–Crippen LogP) is 5.03. The van der Waals surface area contributed by atoms with Crippen molar-refractivity contribution in [1.82, 2.24) is 0 Å². The molecule has 0 saturated carbocycles. The maximum atomic E-state index is 13.0. The number of carbonyl (C=O) groups excluding carboxylic acids is 1. The van der Waals surface area contributed by atoms with Crippen LogP contribution in [0, 0.1) is 0 Å². The number of carbonyl (C=O) groups is 1. The van der Waals surface area contributed by atoms with Gasteiger partial charge in [0.1, 0.15) is 7.14 Å². The van der Waals surface area contributed by atoms with Gasteiger partial charge in [-0.3, -0.25) is 4.79 Å². The van der Waals surface area contributed by atoms with E-state index in [1.54, 1.807) is 11.3 Å². The zero-order valence-corrected chi connectivity index (χ0v) is 16.2. The fourth-order valence-corrected chi connectivity index (χ4v) is 5.97. The van der Waals surface area contributed by atoms with Gasteiger partial charge in [0.05, 0.1) is 5.57 Å². The molecule has 0 bridgehead atoms. The molecule has 0 atom stereocenters. The summed E-state index contributed by atoms with van der Waals surface area (Å²) in [6, 6.07) is 7.66. The van der Waals surface area contributed by atoms with Crippen molar-refractivity contribution in [3.63, 3.8) is 0 Å². The molecule has 3 rings (SSSR count). The van der Waals surface area contributed by atoms with E-state index in [1.165, 1.54) is 0 Å². The Morgan fingerprint density at radius 3 is 2.61 bits per heavy atom. The summed E-state index contributed by atoms with van der Waals surface area (Å²) in [6.07, 6.45) is 3.17. The minimum absolute atomic E-state index is 0.107. The van der Waals surface area contributed by atoms with Crippen LogP contribution in [0.1, 0.15) is 24.3 Å². The minimum Gasteiger partial charge on any atom is -0.321 e. The highest BCUT2D eigenvalue weighted by molar-refractivity contribution is 9.10. The SMILES string of the molecule is CCP(=O)(CC)c1ccc2c(c1)/C(=C/c1cc(Br)cs1)C(=O)N2. The largest absolute Gasteiger partial charge is 0.321 e. The number of amides is 1. The number of rotatable bonds is 4. The maximum Gasteiger partial charge on any atom is 0.256 e. The molecule has 2 aromatic rings. The molecule has 0 aliphatic carbocycles. The van der Waals surface area contributed by atoms with Gasteiger partial charge < -0.3 is 9.88 Å². The van der Waals surface area contributed by atoms with Gasteiger partial charge in [0.25, 0.3) is 5.91 Å². The van der Waals surface area contributed by atoms with Gasteiger partial charge in [-0.25, -0.2) is 0 Å². The summed E-state index contributed by atoms with van der Waals surface area (Å²) in [4.78, 5) is 13.3. The molecule has 1 aromatic heterocycles. The third-order valence-corrected chi connectivity index (χ3v) is 9.06. The highest BCUT2D eigenvalue weighted by Gasteiger charge is 2.28. The highest BCUT2D eigenvalue weighted by atomic mass is 79.9. The molecule has 1 aliphatic heterocycles. The third kappa shape index (κ3) is 3.10. The molecular weight excluding hydrogens is 393 g/mol. The molecule has 0 spiro atoms. The van der Waals surface area contributed by atoms with Crippen LogP contribution >= 0.6 is 34.4 Å². The van der Waals surface area contributed by atoms with Crippen LogP contribution in [0.15, 0.2) is 34.1 Å². The van der Waals surface area contributed by atoms with Crippen LogP contribution in [0.3, 0.4) is 0 Å². The van der Waals surface area contributed by atoms with E-state index in [0.717, 1.165) is 25.9 Å². The van der Waals surface area contributed by atoms with E-state index in [0.29, 0.717) is 17.9 Å². The maximum absolute atomic E-state index is 13.0. The van der Waals surface area contributed by atoms with Crippen LogP contribution in [-0.2, 0) is 9.36 Å². The molecule has 6 heteroatoms. The fourth-order valence-electron chi connectivity index (χ4n) is 2.71. The Hall–Kier alpha value is -1.16. The van der Waals surface area contributed by atoms with E-state index in [-0.39, 0.29) is 5.91 Å². The molecule has 1 aliphatic rings. The first-order chi connectivity index (χ1) is 11.0. The predicted molar refractivity (Wildman–Crippen MR) is 103 cm³/mol. The summed E-state index contributed by atoms with van der Waals surface area (Å²) < 4.78 is 14.0. The number of hydrogen-bond acceptors (Lipinski definition) is 3. The van der Waals surface area contributed by atoms with Crippen molar-refractivity contribution < 1.29 is 9.36 Å². The lowest BCUT2D eigenvalue weighted by Crippen LogP contribution is -2.09. The van der Waals surface area contributed by atoms with Crippen molar-refractivity contribution in [3.05, 3.63) is 44.6 Å². The first-order valence-corrected chi connectivity index (χ1v) is 11.2. The zero-order chi connectivity index (χ0) is 16.6.